The molecule has 0 aliphatic carbocycles. The Morgan fingerprint density at radius 2 is 0.620 bits per heavy atom. The van der Waals surface area contributed by atoms with Gasteiger partial charge in [0.25, 0.3) is 0 Å². The van der Waals surface area contributed by atoms with Crippen molar-refractivity contribution in [3.63, 3.8) is 0 Å². The molecule has 0 spiro atoms. The Hall–Kier alpha value is -5.13. The number of fused-ring (bicyclic) bond motifs is 2. The fraction of sp³-hybridized carbons (Fsp3) is 0.359. The molecule has 6 rings (SSSR count). The van der Waals surface area contributed by atoms with E-state index in [1.54, 1.807) is 56.9 Å². The fourth-order valence-electron chi connectivity index (χ4n) is 7.83. The summed E-state index contributed by atoms with van der Waals surface area (Å²) in [6.45, 7) is 0. The maximum absolute atomic E-state index is 15.6. The van der Waals surface area contributed by atoms with E-state index in [0.717, 1.165) is 22.3 Å². The summed E-state index contributed by atoms with van der Waals surface area (Å²) in [5.41, 5.74) is 3.06. The summed E-state index contributed by atoms with van der Waals surface area (Å²) < 4.78 is 46.8. The second-order valence-electron chi connectivity index (χ2n) is 12.0. The third-order valence-corrected chi connectivity index (χ3v) is 9.89. The maximum atomic E-state index is 15.6. The van der Waals surface area contributed by atoms with Crippen molar-refractivity contribution in [1.82, 2.24) is 10.6 Å². The first-order valence-electron chi connectivity index (χ1n) is 16.3. The number of nitrogens with one attached hydrogen (secondary N) is 2. The second kappa shape index (κ2) is 14.8. The van der Waals surface area contributed by atoms with Gasteiger partial charge in [-0.3, -0.25) is 4.79 Å². The van der Waals surface area contributed by atoms with E-state index >= 15 is 4.79 Å². The summed E-state index contributed by atoms with van der Waals surface area (Å²) in [5.74, 6) is 3.05. The van der Waals surface area contributed by atoms with Gasteiger partial charge in [-0.15, -0.1) is 0 Å². The molecule has 50 heavy (non-hydrogen) atoms. The summed E-state index contributed by atoms with van der Waals surface area (Å²) in [7, 11) is 12.8. The lowest BCUT2D eigenvalue weighted by atomic mass is 9.63. The van der Waals surface area contributed by atoms with Crippen LogP contribution < -0.4 is 48.5 Å². The molecule has 2 aliphatic heterocycles. The Morgan fingerprint density at radius 3 is 0.820 bits per heavy atom. The number of ketones is 1. The molecular formula is C39H44N2O9. The van der Waals surface area contributed by atoms with E-state index < -0.39 is 36.0 Å². The van der Waals surface area contributed by atoms with Gasteiger partial charge >= 0.3 is 0 Å². The van der Waals surface area contributed by atoms with Gasteiger partial charge in [-0.1, -0.05) is 48.5 Å². The van der Waals surface area contributed by atoms with Crippen LogP contribution in [0.25, 0.3) is 0 Å². The second-order valence-corrected chi connectivity index (χ2v) is 12.0. The van der Waals surface area contributed by atoms with Crippen molar-refractivity contribution in [2.24, 2.45) is 11.8 Å². The van der Waals surface area contributed by atoms with E-state index in [9.17, 15) is 0 Å². The summed E-state index contributed by atoms with van der Waals surface area (Å²) >= 11 is 0. The van der Waals surface area contributed by atoms with Gasteiger partial charge in [-0.25, -0.2) is 0 Å². The van der Waals surface area contributed by atoms with Gasteiger partial charge in [0, 0.05) is 46.4 Å². The van der Waals surface area contributed by atoms with E-state index in [-0.39, 0.29) is 5.78 Å². The molecule has 2 heterocycles. The number of Topliss-reactive ketones (excluding diaryl/α,β-unsaturated/α-hetero) is 1. The molecule has 0 amide bonds. The minimum atomic E-state index is -0.650. The average molecular weight is 685 g/mol. The van der Waals surface area contributed by atoms with Crippen LogP contribution in [0.2, 0.25) is 0 Å². The Balaban J connectivity index is 1.66. The number of benzene rings is 4. The molecule has 264 valence electrons. The number of carbonyl (C=O) groups is 1. The highest BCUT2D eigenvalue weighted by molar-refractivity contribution is 5.90. The summed E-state index contributed by atoms with van der Waals surface area (Å²) in [6, 6.07) is 20.5. The SMILES string of the molecule is COc1cccc([C@H]2N[C@@H](c3cccc(OC)c3OC)C3C(=O)C2[C@@H](c2cccc(OC)c2OC)N[C@H]3c2cccc(OC)c2OC)c1OC. The highest BCUT2D eigenvalue weighted by Crippen LogP contribution is 2.57. The molecule has 0 radical (unpaired) electrons. The average Bonchev–Trinajstić information content (AvgIpc) is 3.16. The van der Waals surface area contributed by atoms with Gasteiger partial charge < -0.3 is 48.5 Å². The molecule has 2 N–H and O–H groups in total. The van der Waals surface area contributed by atoms with Crippen molar-refractivity contribution in [2.75, 3.05) is 56.9 Å². The molecule has 2 aliphatic rings. The normalized spacial score (nSPS) is 22.7. The zero-order valence-corrected chi connectivity index (χ0v) is 29.6. The lowest BCUT2D eigenvalue weighted by molar-refractivity contribution is -0.139. The van der Waals surface area contributed by atoms with Crippen molar-refractivity contribution < 1.29 is 42.7 Å². The quantitative estimate of drug-likeness (QED) is 0.182. The van der Waals surface area contributed by atoms with Crippen molar-refractivity contribution in [3.05, 3.63) is 95.1 Å². The predicted molar refractivity (Wildman–Crippen MR) is 187 cm³/mol. The highest BCUT2D eigenvalue weighted by atomic mass is 16.5. The summed E-state index contributed by atoms with van der Waals surface area (Å²) in [4.78, 5) is 15.6. The number of piperidine rings is 2. The largest absolute Gasteiger partial charge is 0.493 e. The van der Waals surface area contributed by atoms with Crippen LogP contribution in [0.1, 0.15) is 46.4 Å². The third kappa shape index (κ3) is 5.70. The molecule has 4 aromatic carbocycles. The van der Waals surface area contributed by atoms with Crippen molar-refractivity contribution in [3.8, 4) is 46.0 Å². The van der Waals surface area contributed by atoms with Gasteiger partial charge in [-0.05, 0) is 24.3 Å². The first kappa shape index (κ1) is 34.7. The molecule has 2 fully saturated rings. The van der Waals surface area contributed by atoms with E-state index in [0.29, 0.717) is 46.0 Å². The molecule has 4 aromatic rings. The van der Waals surface area contributed by atoms with Gasteiger partial charge in [0.05, 0.1) is 68.7 Å². The summed E-state index contributed by atoms with van der Waals surface area (Å²) in [5, 5.41) is 7.85. The van der Waals surface area contributed by atoms with Crippen LogP contribution in [0.4, 0.5) is 0 Å². The van der Waals surface area contributed by atoms with E-state index in [1.807, 2.05) is 72.8 Å². The van der Waals surface area contributed by atoms with Crippen LogP contribution in [0.5, 0.6) is 46.0 Å². The predicted octanol–water partition coefficient (Wildman–Crippen LogP) is 6.03. The molecule has 0 unspecified atom stereocenters. The van der Waals surface area contributed by atoms with Crippen LogP contribution in [-0.2, 0) is 4.79 Å². The van der Waals surface area contributed by atoms with Crippen molar-refractivity contribution in [1.29, 1.82) is 0 Å². The first-order valence-corrected chi connectivity index (χ1v) is 16.3. The molecule has 11 heteroatoms. The number of carbonyl (C=O) groups excluding carboxylic acids is 1. The van der Waals surface area contributed by atoms with Crippen LogP contribution in [0.3, 0.4) is 0 Å². The van der Waals surface area contributed by atoms with Crippen LogP contribution in [-0.4, -0.2) is 62.7 Å². The molecule has 11 nitrogen and oxygen atoms in total. The number of rotatable bonds is 12. The zero-order chi connectivity index (χ0) is 35.5. The van der Waals surface area contributed by atoms with Gasteiger partial charge in [0.15, 0.2) is 46.0 Å². The lowest BCUT2D eigenvalue weighted by Gasteiger charge is -2.53. The Morgan fingerprint density at radius 1 is 0.380 bits per heavy atom. The van der Waals surface area contributed by atoms with Crippen LogP contribution >= 0.6 is 0 Å². The number of methoxy groups -OCH3 is 8. The first-order chi connectivity index (χ1) is 24.4. The maximum Gasteiger partial charge on any atom is 0.165 e. The van der Waals surface area contributed by atoms with Crippen molar-refractivity contribution in [2.45, 2.75) is 24.2 Å². The topological polar surface area (TPSA) is 115 Å². The third-order valence-electron chi connectivity index (χ3n) is 9.89. The highest BCUT2D eigenvalue weighted by Gasteiger charge is 2.57. The minimum absolute atomic E-state index is 0.0250. The van der Waals surface area contributed by atoms with E-state index in [4.69, 9.17) is 37.9 Å². The molecule has 2 saturated heterocycles. The van der Waals surface area contributed by atoms with Crippen LogP contribution in [0, 0.1) is 11.8 Å². The number of hydrogen-bond acceptors (Lipinski definition) is 11. The Kier molecular flexibility index (Phi) is 10.3. The fourth-order valence-corrected chi connectivity index (χ4v) is 7.83. The minimum Gasteiger partial charge on any atom is -0.493 e. The smallest absolute Gasteiger partial charge is 0.165 e. The monoisotopic (exact) mass is 684 g/mol. The lowest BCUT2D eigenvalue weighted by Crippen LogP contribution is -2.60. The molecule has 0 saturated carbocycles. The standard InChI is InChI=1S/C39H44N2O9/c1-43-25-17-9-13-21(36(25)47-5)31-29-32(22-14-10-18-26(44-2)37(22)48-6)41-34(24-16-12-20-28(46-4)39(24)50-8)30(35(29)42)33(40-31)23-15-11-19-27(45-3)38(23)49-7/h9-20,29-34,40-41H,1-8H3/t29?,30?,31-,32-,33+,34+. The Labute approximate surface area is 292 Å². The van der Waals surface area contributed by atoms with Gasteiger partial charge in [0.1, 0.15) is 5.78 Å². The number of para-hydroxylation sites is 4. The van der Waals surface area contributed by atoms with Gasteiger partial charge in [0.2, 0.25) is 0 Å². The van der Waals surface area contributed by atoms with E-state index in [1.165, 1.54) is 0 Å². The zero-order valence-electron chi connectivity index (χ0n) is 29.6. The number of ether oxygens (including phenoxy) is 8. The Bertz CT molecular complexity index is 1590. The molecule has 4 atom stereocenters. The molecular weight excluding hydrogens is 640 g/mol. The number of hydrogen-bond donors (Lipinski definition) is 2. The molecule has 2 bridgehead atoms. The van der Waals surface area contributed by atoms with E-state index in [2.05, 4.69) is 10.6 Å². The van der Waals surface area contributed by atoms with Crippen molar-refractivity contribution >= 4 is 5.78 Å². The summed E-state index contributed by atoms with van der Waals surface area (Å²) in [6.07, 6.45) is 0. The molecule has 0 aromatic heterocycles. The van der Waals surface area contributed by atoms with Crippen LogP contribution in [0.15, 0.2) is 72.8 Å². The van der Waals surface area contributed by atoms with Gasteiger partial charge in [-0.2, -0.15) is 0 Å².